The third-order valence-electron chi connectivity index (χ3n) is 3.99. The van der Waals surface area contributed by atoms with E-state index < -0.39 is 5.97 Å². The van der Waals surface area contributed by atoms with Crippen molar-refractivity contribution in [1.29, 1.82) is 0 Å². The van der Waals surface area contributed by atoms with Crippen molar-refractivity contribution in [1.82, 2.24) is 5.32 Å². The van der Waals surface area contributed by atoms with Crippen LogP contribution in [0.1, 0.15) is 36.2 Å². The monoisotopic (exact) mass is 399 g/mol. The van der Waals surface area contributed by atoms with Crippen LogP contribution in [0.15, 0.2) is 59.5 Å². The van der Waals surface area contributed by atoms with Crippen LogP contribution < -0.4 is 5.32 Å². The Morgan fingerprint density at radius 2 is 1.71 bits per heavy atom. The van der Waals surface area contributed by atoms with Crippen molar-refractivity contribution in [2.24, 2.45) is 0 Å². The van der Waals surface area contributed by atoms with Crippen LogP contribution in [0, 0.1) is 0 Å². The maximum Gasteiger partial charge on any atom is 0.339 e. The number of rotatable bonds is 10. The second-order valence-corrected chi connectivity index (χ2v) is 7.57. The molecule has 28 heavy (non-hydrogen) atoms. The van der Waals surface area contributed by atoms with Gasteiger partial charge in [-0.1, -0.05) is 42.5 Å². The summed E-state index contributed by atoms with van der Waals surface area (Å²) in [6.45, 7) is 3.09. The van der Waals surface area contributed by atoms with Gasteiger partial charge in [-0.05, 0) is 44.4 Å². The Hall–Kier alpha value is -2.60. The molecule has 148 valence electrons. The summed E-state index contributed by atoms with van der Waals surface area (Å²) >= 11 is 1.28. The molecule has 0 fully saturated rings. The molecule has 5 nitrogen and oxygen atoms in total. The van der Waals surface area contributed by atoms with E-state index in [9.17, 15) is 14.4 Å². The van der Waals surface area contributed by atoms with Crippen molar-refractivity contribution in [3.05, 3.63) is 65.7 Å². The first-order valence-corrected chi connectivity index (χ1v) is 10.2. The topological polar surface area (TPSA) is 72.5 Å². The van der Waals surface area contributed by atoms with Crippen LogP contribution in [0.2, 0.25) is 0 Å². The predicted octanol–water partition coefficient (Wildman–Crippen LogP) is 3.66. The zero-order valence-electron chi connectivity index (χ0n) is 16.1. The van der Waals surface area contributed by atoms with Gasteiger partial charge in [-0.2, -0.15) is 0 Å². The average molecular weight is 400 g/mol. The van der Waals surface area contributed by atoms with Crippen molar-refractivity contribution in [2.45, 2.75) is 37.6 Å². The normalized spacial score (nSPS) is 11.5. The van der Waals surface area contributed by atoms with Crippen LogP contribution in [0.25, 0.3) is 0 Å². The molecule has 1 N–H and O–H groups in total. The van der Waals surface area contributed by atoms with Crippen LogP contribution in [0.5, 0.6) is 0 Å². The summed E-state index contributed by atoms with van der Waals surface area (Å²) in [4.78, 5) is 36.2. The summed E-state index contributed by atoms with van der Waals surface area (Å²) in [6, 6.07) is 16.9. The van der Waals surface area contributed by atoms with E-state index in [1.54, 1.807) is 24.3 Å². The van der Waals surface area contributed by atoms with E-state index >= 15 is 0 Å². The largest absolute Gasteiger partial charge is 0.452 e. The van der Waals surface area contributed by atoms with Gasteiger partial charge in [0.2, 0.25) is 0 Å². The van der Waals surface area contributed by atoms with Crippen LogP contribution in [-0.4, -0.2) is 36.1 Å². The van der Waals surface area contributed by atoms with Gasteiger partial charge in [0.05, 0.1) is 11.3 Å². The van der Waals surface area contributed by atoms with E-state index in [2.05, 4.69) is 17.4 Å². The van der Waals surface area contributed by atoms with E-state index in [1.807, 2.05) is 25.1 Å². The van der Waals surface area contributed by atoms with E-state index in [4.69, 9.17) is 4.74 Å². The van der Waals surface area contributed by atoms with Gasteiger partial charge in [-0.15, -0.1) is 11.8 Å². The first kappa shape index (κ1) is 21.7. The molecule has 0 heterocycles. The van der Waals surface area contributed by atoms with Crippen molar-refractivity contribution in [3.8, 4) is 0 Å². The molecule has 0 radical (unpaired) electrons. The SMILES string of the molecule is CC(=O)CSc1ccccc1C(=O)OCC(=O)N[C@H](C)CCc1ccccc1. The van der Waals surface area contributed by atoms with Gasteiger partial charge in [0.25, 0.3) is 5.91 Å². The summed E-state index contributed by atoms with van der Waals surface area (Å²) in [6.07, 6.45) is 1.66. The molecule has 2 aromatic rings. The fourth-order valence-corrected chi connectivity index (χ4v) is 3.41. The minimum atomic E-state index is -0.571. The van der Waals surface area contributed by atoms with Crippen LogP contribution >= 0.6 is 11.8 Å². The lowest BCUT2D eigenvalue weighted by molar-refractivity contribution is -0.124. The van der Waals surface area contributed by atoms with E-state index in [1.165, 1.54) is 24.2 Å². The van der Waals surface area contributed by atoms with E-state index in [-0.39, 0.29) is 30.1 Å². The fraction of sp³-hybridized carbons (Fsp3) is 0.318. The van der Waals surface area contributed by atoms with Crippen LogP contribution in [0.4, 0.5) is 0 Å². The maximum atomic E-state index is 12.3. The Morgan fingerprint density at radius 1 is 1.04 bits per heavy atom. The van der Waals surface area contributed by atoms with Crippen molar-refractivity contribution in [2.75, 3.05) is 12.4 Å². The number of aryl methyl sites for hydroxylation is 1. The third kappa shape index (κ3) is 7.56. The number of carbonyl (C=O) groups excluding carboxylic acids is 3. The molecule has 0 aliphatic carbocycles. The van der Waals surface area contributed by atoms with Gasteiger partial charge >= 0.3 is 5.97 Å². The highest BCUT2D eigenvalue weighted by atomic mass is 32.2. The van der Waals surface area contributed by atoms with Crippen molar-refractivity contribution >= 4 is 29.4 Å². The number of ketones is 1. The molecule has 0 saturated heterocycles. The second kappa shape index (κ2) is 11.3. The number of nitrogens with one attached hydrogen (secondary N) is 1. The number of amides is 1. The molecule has 0 aromatic heterocycles. The lowest BCUT2D eigenvalue weighted by Crippen LogP contribution is -2.36. The maximum absolute atomic E-state index is 12.3. The number of ether oxygens (including phenoxy) is 1. The number of benzene rings is 2. The Balaban J connectivity index is 1.79. The smallest absolute Gasteiger partial charge is 0.339 e. The molecule has 0 spiro atoms. The van der Waals surface area contributed by atoms with Gasteiger partial charge in [0.15, 0.2) is 6.61 Å². The zero-order valence-corrected chi connectivity index (χ0v) is 17.0. The summed E-state index contributed by atoms with van der Waals surface area (Å²) in [7, 11) is 0. The molecule has 2 aromatic carbocycles. The van der Waals surface area contributed by atoms with Gasteiger partial charge < -0.3 is 10.1 Å². The fourth-order valence-electron chi connectivity index (χ4n) is 2.57. The van der Waals surface area contributed by atoms with Gasteiger partial charge in [-0.3, -0.25) is 9.59 Å². The number of Topliss-reactive ketones (excluding diaryl/α,β-unsaturated/α-hetero) is 1. The minimum absolute atomic E-state index is 0.0233. The Labute approximate surface area is 169 Å². The molecule has 0 saturated carbocycles. The number of carbonyl (C=O) groups is 3. The molecule has 2 rings (SSSR count). The van der Waals surface area contributed by atoms with Crippen LogP contribution in [-0.2, 0) is 20.7 Å². The van der Waals surface area contributed by atoms with Crippen LogP contribution in [0.3, 0.4) is 0 Å². The highest BCUT2D eigenvalue weighted by Crippen LogP contribution is 2.23. The molecular weight excluding hydrogens is 374 g/mol. The average Bonchev–Trinajstić information content (AvgIpc) is 2.70. The Bertz CT molecular complexity index is 807. The molecule has 1 amide bonds. The van der Waals surface area contributed by atoms with Gasteiger partial charge in [0, 0.05) is 10.9 Å². The first-order chi connectivity index (χ1) is 13.5. The summed E-state index contributed by atoms with van der Waals surface area (Å²) in [5.41, 5.74) is 1.58. The highest BCUT2D eigenvalue weighted by Gasteiger charge is 2.16. The molecule has 0 unspecified atom stereocenters. The Kier molecular flexibility index (Phi) is 8.75. The van der Waals surface area contributed by atoms with Gasteiger partial charge in [-0.25, -0.2) is 4.79 Å². The molecule has 6 heteroatoms. The number of hydrogen-bond donors (Lipinski definition) is 1. The van der Waals surface area contributed by atoms with Gasteiger partial charge in [0.1, 0.15) is 5.78 Å². The van der Waals surface area contributed by atoms with E-state index in [0.717, 1.165) is 12.8 Å². The standard InChI is InChI=1S/C22H25NO4S/c1-16(12-13-18-8-4-3-5-9-18)23-21(25)14-27-22(26)19-10-6-7-11-20(19)28-15-17(2)24/h3-11,16H,12-15H2,1-2H3,(H,23,25)/t16-/m1/s1. The quantitative estimate of drug-likeness (QED) is 0.488. The first-order valence-electron chi connectivity index (χ1n) is 9.17. The Morgan fingerprint density at radius 3 is 2.43 bits per heavy atom. The molecule has 0 aliphatic heterocycles. The summed E-state index contributed by atoms with van der Waals surface area (Å²) in [5.74, 6) is -0.595. The summed E-state index contributed by atoms with van der Waals surface area (Å²) < 4.78 is 5.15. The number of esters is 1. The third-order valence-corrected chi connectivity index (χ3v) is 5.21. The molecular formula is C22H25NO4S. The number of thioether (sulfide) groups is 1. The van der Waals surface area contributed by atoms with Crippen molar-refractivity contribution in [3.63, 3.8) is 0 Å². The second-order valence-electron chi connectivity index (χ2n) is 6.56. The zero-order chi connectivity index (χ0) is 20.4. The summed E-state index contributed by atoms with van der Waals surface area (Å²) in [5, 5.41) is 2.85. The lowest BCUT2D eigenvalue weighted by atomic mass is 10.1. The molecule has 0 aliphatic rings. The molecule has 0 bridgehead atoms. The molecule has 1 atom stereocenters. The predicted molar refractivity (Wildman–Crippen MR) is 110 cm³/mol. The number of hydrogen-bond acceptors (Lipinski definition) is 5. The lowest BCUT2D eigenvalue weighted by Gasteiger charge is -2.14. The van der Waals surface area contributed by atoms with Crippen molar-refractivity contribution < 1.29 is 19.1 Å². The van der Waals surface area contributed by atoms with E-state index in [0.29, 0.717) is 10.5 Å². The minimum Gasteiger partial charge on any atom is -0.452 e. The highest BCUT2D eigenvalue weighted by molar-refractivity contribution is 8.00.